The van der Waals surface area contributed by atoms with Gasteiger partial charge in [0, 0.05) is 36.9 Å². The average Bonchev–Trinajstić information content (AvgIpc) is 3.17. The molecule has 146 valence electrons. The fourth-order valence-corrected chi connectivity index (χ4v) is 3.40. The summed E-state index contributed by atoms with van der Waals surface area (Å²) in [5.74, 6) is 1.20. The van der Waals surface area contributed by atoms with E-state index in [2.05, 4.69) is 10.2 Å². The summed E-state index contributed by atoms with van der Waals surface area (Å²) in [6, 6.07) is 5.05. The second-order valence-electron chi connectivity index (χ2n) is 6.35. The number of piperidine rings is 1. The number of amides is 1. The second-order valence-corrected chi connectivity index (χ2v) is 8.24. The molecule has 1 aliphatic rings. The number of rotatable bonds is 5. The van der Waals surface area contributed by atoms with Crippen LogP contribution >= 0.6 is 0 Å². The SMILES string of the molecule is COc1cc(OC)cc(C(=O)N2CCC(c3nnc(S(C)(=O)=O)o3)CC2)c1. The molecule has 1 aromatic carbocycles. The zero-order valence-corrected chi connectivity index (χ0v) is 16.2. The summed E-state index contributed by atoms with van der Waals surface area (Å²) in [4.78, 5) is 14.5. The Morgan fingerprint density at radius 2 is 1.70 bits per heavy atom. The molecule has 2 heterocycles. The monoisotopic (exact) mass is 395 g/mol. The van der Waals surface area contributed by atoms with E-state index < -0.39 is 9.84 Å². The molecule has 1 aliphatic heterocycles. The second kappa shape index (κ2) is 7.55. The molecular formula is C17H21N3O6S. The number of likely N-dealkylation sites (tertiary alicyclic amines) is 1. The Kier molecular flexibility index (Phi) is 5.36. The molecule has 0 unspecified atom stereocenters. The van der Waals surface area contributed by atoms with Gasteiger partial charge in [0.2, 0.25) is 15.7 Å². The van der Waals surface area contributed by atoms with Gasteiger partial charge in [0.25, 0.3) is 5.91 Å². The molecule has 0 saturated carbocycles. The molecule has 1 amide bonds. The maximum Gasteiger partial charge on any atom is 0.335 e. The lowest BCUT2D eigenvalue weighted by Crippen LogP contribution is -2.38. The van der Waals surface area contributed by atoms with Gasteiger partial charge >= 0.3 is 5.22 Å². The van der Waals surface area contributed by atoms with Crippen LogP contribution in [0, 0.1) is 0 Å². The Balaban J connectivity index is 1.68. The van der Waals surface area contributed by atoms with Crippen LogP contribution in [0.5, 0.6) is 11.5 Å². The molecule has 9 nitrogen and oxygen atoms in total. The van der Waals surface area contributed by atoms with Crippen molar-refractivity contribution < 1.29 is 27.1 Å². The zero-order chi connectivity index (χ0) is 19.6. The van der Waals surface area contributed by atoms with Crippen molar-refractivity contribution in [3.8, 4) is 11.5 Å². The molecule has 0 atom stereocenters. The summed E-state index contributed by atoms with van der Waals surface area (Å²) in [7, 11) is -0.460. The van der Waals surface area contributed by atoms with E-state index in [-0.39, 0.29) is 17.0 Å². The van der Waals surface area contributed by atoms with E-state index >= 15 is 0 Å². The van der Waals surface area contributed by atoms with Crippen molar-refractivity contribution >= 4 is 15.7 Å². The maximum atomic E-state index is 12.8. The van der Waals surface area contributed by atoms with Crippen LogP contribution < -0.4 is 9.47 Å². The summed E-state index contributed by atoms with van der Waals surface area (Å²) in [6.45, 7) is 0.999. The van der Waals surface area contributed by atoms with Crippen LogP contribution in [0.1, 0.15) is 35.0 Å². The number of aromatic nitrogens is 2. The maximum absolute atomic E-state index is 12.8. The quantitative estimate of drug-likeness (QED) is 0.749. The number of benzene rings is 1. The molecule has 1 saturated heterocycles. The molecule has 0 bridgehead atoms. The van der Waals surface area contributed by atoms with Crippen LogP contribution in [0.3, 0.4) is 0 Å². The lowest BCUT2D eigenvalue weighted by molar-refractivity contribution is 0.0704. The van der Waals surface area contributed by atoms with Crippen molar-refractivity contribution in [3.63, 3.8) is 0 Å². The molecule has 1 aromatic heterocycles. The van der Waals surface area contributed by atoms with Gasteiger partial charge in [-0.05, 0) is 25.0 Å². The highest BCUT2D eigenvalue weighted by atomic mass is 32.2. The Hall–Kier alpha value is -2.62. The molecule has 3 rings (SSSR count). The summed E-state index contributed by atoms with van der Waals surface area (Å²) in [6.07, 6.45) is 2.24. The topological polar surface area (TPSA) is 112 Å². The zero-order valence-electron chi connectivity index (χ0n) is 15.3. The van der Waals surface area contributed by atoms with Gasteiger partial charge in [-0.25, -0.2) is 8.42 Å². The van der Waals surface area contributed by atoms with Gasteiger partial charge in [0.15, 0.2) is 0 Å². The fourth-order valence-electron chi connectivity index (χ4n) is 2.98. The first kappa shape index (κ1) is 19.2. The highest BCUT2D eigenvalue weighted by molar-refractivity contribution is 7.90. The Morgan fingerprint density at radius 1 is 1.11 bits per heavy atom. The number of carbonyl (C=O) groups is 1. The van der Waals surface area contributed by atoms with Crippen LogP contribution in [0.4, 0.5) is 0 Å². The summed E-state index contributed by atoms with van der Waals surface area (Å²) < 4.78 is 38.6. The van der Waals surface area contributed by atoms with Crippen molar-refractivity contribution in [1.29, 1.82) is 0 Å². The molecule has 1 fully saturated rings. The van der Waals surface area contributed by atoms with Gasteiger partial charge in [0.05, 0.1) is 14.2 Å². The van der Waals surface area contributed by atoms with Crippen molar-refractivity contribution in [2.75, 3.05) is 33.6 Å². The van der Waals surface area contributed by atoms with Crippen LogP contribution in [-0.4, -0.2) is 63.0 Å². The fraction of sp³-hybridized carbons (Fsp3) is 0.471. The molecule has 0 radical (unpaired) electrons. The van der Waals surface area contributed by atoms with Gasteiger partial charge in [-0.3, -0.25) is 4.79 Å². The first-order chi connectivity index (χ1) is 12.8. The van der Waals surface area contributed by atoms with E-state index in [0.29, 0.717) is 48.9 Å². The molecular weight excluding hydrogens is 374 g/mol. The Morgan fingerprint density at radius 3 is 2.19 bits per heavy atom. The highest BCUT2D eigenvalue weighted by Crippen LogP contribution is 2.29. The van der Waals surface area contributed by atoms with Gasteiger partial charge in [-0.2, -0.15) is 0 Å². The molecule has 0 aliphatic carbocycles. The van der Waals surface area contributed by atoms with E-state index in [1.165, 1.54) is 14.2 Å². The van der Waals surface area contributed by atoms with Crippen molar-refractivity contribution in [1.82, 2.24) is 15.1 Å². The van der Waals surface area contributed by atoms with Gasteiger partial charge in [0.1, 0.15) is 11.5 Å². The summed E-state index contributed by atoms with van der Waals surface area (Å²) >= 11 is 0. The first-order valence-electron chi connectivity index (χ1n) is 8.37. The number of methoxy groups -OCH3 is 2. The molecule has 10 heteroatoms. The normalized spacial score (nSPS) is 15.6. The van der Waals surface area contributed by atoms with E-state index in [1.807, 2.05) is 0 Å². The molecule has 0 spiro atoms. The van der Waals surface area contributed by atoms with Crippen LogP contribution in [0.25, 0.3) is 0 Å². The summed E-state index contributed by atoms with van der Waals surface area (Å²) in [5.41, 5.74) is 0.488. The predicted molar refractivity (Wildman–Crippen MR) is 94.8 cm³/mol. The van der Waals surface area contributed by atoms with E-state index in [1.54, 1.807) is 23.1 Å². The average molecular weight is 395 g/mol. The third kappa shape index (κ3) is 4.21. The van der Waals surface area contributed by atoms with E-state index in [4.69, 9.17) is 13.9 Å². The van der Waals surface area contributed by atoms with Crippen LogP contribution in [0.15, 0.2) is 27.8 Å². The number of nitrogens with zero attached hydrogens (tertiary/aromatic N) is 3. The van der Waals surface area contributed by atoms with Crippen molar-refractivity contribution in [2.45, 2.75) is 24.0 Å². The highest BCUT2D eigenvalue weighted by Gasteiger charge is 2.29. The molecule has 0 N–H and O–H groups in total. The Bertz CT molecular complexity index is 910. The van der Waals surface area contributed by atoms with Gasteiger partial charge in [-0.1, -0.05) is 5.10 Å². The summed E-state index contributed by atoms with van der Waals surface area (Å²) in [5, 5.41) is 7.06. The standard InChI is InChI=1S/C17H21N3O6S/c1-24-13-8-12(9-14(10-13)25-2)16(21)20-6-4-11(5-7-20)15-18-19-17(26-15)27(3,22)23/h8-11H,4-7H2,1-3H3. The van der Waals surface area contributed by atoms with Crippen LogP contribution in [0.2, 0.25) is 0 Å². The first-order valence-corrected chi connectivity index (χ1v) is 10.3. The minimum Gasteiger partial charge on any atom is -0.497 e. The van der Waals surface area contributed by atoms with E-state index in [0.717, 1.165) is 6.26 Å². The lowest BCUT2D eigenvalue weighted by Gasteiger charge is -2.30. The van der Waals surface area contributed by atoms with Crippen molar-refractivity contribution in [3.05, 3.63) is 29.7 Å². The number of hydrogen-bond acceptors (Lipinski definition) is 8. The number of ether oxygens (including phenoxy) is 2. The lowest BCUT2D eigenvalue weighted by atomic mass is 9.96. The smallest absolute Gasteiger partial charge is 0.335 e. The van der Waals surface area contributed by atoms with Crippen molar-refractivity contribution in [2.24, 2.45) is 0 Å². The number of carbonyl (C=O) groups excluding carboxylic acids is 1. The minimum atomic E-state index is -3.52. The third-order valence-corrected chi connectivity index (χ3v) is 5.27. The minimum absolute atomic E-state index is 0.0723. The predicted octanol–water partition coefficient (Wildman–Crippen LogP) is 1.51. The van der Waals surface area contributed by atoms with Gasteiger partial charge in [-0.15, -0.1) is 5.10 Å². The molecule has 2 aromatic rings. The largest absolute Gasteiger partial charge is 0.497 e. The third-order valence-electron chi connectivity index (χ3n) is 4.47. The van der Waals surface area contributed by atoms with Gasteiger partial charge < -0.3 is 18.8 Å². The molecule has 27 heavy (non-hydrogen) atoms. The van der Waals surface area contributed by atoms with Crippen LogP contribution in [-0.2, 0) is 9.84 Å². The Labute approximate surface area is 157 Å². The van der Waals surface area contributed by atoms with E-state index in [9.17, 15) is 13.2 Å². The number of hydrogen-bond donors (Lipinski definition) is 0. The number of sulfone groups is 1.